The van der Waals surface area contributed by atoms with Crippen molar-refractivity contribution in [3.63, 3.8) is 0 Å². The maximum atomic E-state index is 10.6. The normalized spacial score (nSPS) is 34.4. The molecule has 5 atom stereocenters. The molecule has 1 aliphatic heterocycles. The molecule has 0 bridgehead atoms. The summed E-state index contributed by atoms with van der Waals surface area (Å²) in [5.74, 6) is 1.75. The molecule has 3 fully saturated rings. The zero-order valence-electron chi connectivity index (χ0n) is 18.8. The lowest BCUT2D eigenvalue weighted by Crippen LogP contribution is -2.36. The minimum Gasteiger partial charge on any atom is -0.392 e. The van der Waals surface area contributed by atoms with Crippen LogP contribution in [0, 0.1) is 23.7 Å². The van der Waals surface area contributed by atoms with E-state index < -0.39 is 0 Å². The number of ether oxygens (including phenoxy) is 1. The third-order valence-electron chi connectivity index (χ3n) is 8.19. The van der Waals surface area contributed by atoms with Gasteiger partial charge in [0.1, 0.15) is 0 Å². The molecule has 0 amide bonds. The van der Waals surface area contributed by atoms with Crippen LogP contribution in [-0.2, 0) is 4.74 Å². The number of aliphatic hydroxyl groups excluding tert-OH is 2. The van der Waals surface area contributed by atoms with Crippen LogP contribution in [0.15, 0.2) is 23.8 Å². The minimum absolute atomic E-state index is 0.225. The molecule has 2 N–H and O–H groups in total. The number of fused-ring (bicyclic) bond motifs is 1. The van der Waals surface area contributed by atoms with Crippen LogP contribution in [0.25, 0.3) is 0 Å². The van der Waals surface area contributed by atoms with Crippen LogP contribution in [0.5, 0.6) is 0 Å². The Morgan fingerprint density at radius 3 is 2.70 bits per heavy atom. The van der Waals surface area contributed by atoms with Crippen molar-refractivity contribution in [3.8, 4) is 0 Å². The molecule has 0 aromatic rings. The van der Waals surface area contributed by atoms with Crippen molar-refractivity contribution in [1.82, 2.24) is 4.90 Å². The largest absolute Gasteiger partial charge is 0.392 e. The summed E-state index contributed by atoms with van der Waals surface area (Å²) in [6.07, 6.45) is 19.4. The third kappa shape index (κ3) is 5.97. The standard InChI is InChI=1S/C26H43NO3/c28-25(21-8-4-1-5-9-21)11-10-23-24-18-20(17-22(24)19-26(23)29)7-3-2-6-12-27-13-15-30-16-14-27/h10-11,17,21-26,28-29H,1-9,12-16,18-19H2/b11-10+/t22-,23+,24-,25+,26+/m0/s1. The van der Waals surface area contributed by atoms with Gasteiger partial charge < -0.3 is 14.9 Å². The van der Waals surface area contributed by atoms with E-state index in [2.05, 4.69) is 17.1 Å². The van der Waals surface area contributed by atoms with Gasteiger partial charge in [-0.25, -0.2) is 0 Å². The molecule has 170 valence electrons. The predicted octanol–water partition coefficient (Wildman–Crippen LogP) is 4.32. The SMILES string of the molecule is O[C@H](/C=C/[C@@H]1[C@H]2CC(CCCCCN3CCOCC3)=C[C@H]2C[C@H]1O)C1CCCCC1. The highest BCUT2D eigenvalue weighted by atomic mass is 16.5. The second-order valence-corrected chi connectivity index (χ2v) is 10.3. The highest BCUT2D eigenvalue weighted by Crippen LogP contribution is 2.48. The number of hydrogen-bond donors (Lipinski definition) is 2. The molecule has 30 heavy (non-hydrogen) atoms. The Kier molecular flexibility index (Phi) is 8.45. The van der Waals surface area contributed by atoms with Gasteiger partial charge >= 0.3 is 0 Å². The molecule has 0 aromatic carbocycles. The molecule has 4 heteroatoms. The maximum Gasteiger partial charge on any atom is 0.0749 e. The zero-order chi connectivity index (χ0) is 20.8. The van der Waals surface area contributed by atoms with Crippen molar-refractivity contribution in [2.45, 2.75) is 82.8 Å². The van der Waals surface area contributed by atoms with Crippen LogP contribution in [0.1, 0.15) is 70.6 Å². The van der Waals surface area contributed by atoms with Crippen molar-refractivity contribution >= 4 is 0 Å². The second-order valence-electron chi connectivity index (χ2n) is 10.3. The molecular formula is C26H43NO3. The molecule has 3 aliphatic carbocycles. The molecular weight excluding hydrogens is 374 g/mol. The fraction of sp³-hybridized carbons (Fsp3) is 0.846. The van der Waals surface area contributed by atoms with E-state index in [1.165, 1.54) is 51.5 Å². The lowest BCUT2D eigenvalue weighted by Gasteiger charge is -2.26. The molecule has 0 spiro atoms. The lowest BCUT2D eigenvalue weighted by molar-refractivity contribution is 0.0371. The first-order chi connectivity index (χ1) is 14.7. The van der Waals surface area contributed by atoms with Crippen LogP contribution < -0.4 is 0 Å². The van der Waals surface area contributed by atoms with Crippen molar-refractivity contribution in [2.75, 3.05) is 32.8 Å². The van der Waals surface area contributed by atoms with Gasteiger partial charge in [0.05, 0.1) is 25.4 Å². The average Bonchev–Trinajstić information content (AvgIpc) is 3.29. The summed E-state index contributed by atoms with van der Waals surface area (Å²) in [4.78, 5) is 2.53. The smallest absolute Gasteiger partial charge is 0.0749 e. The Hall–Kier alpha value is -0.680. The Labute approximate surface area is 183 Å². The first kappa shape index (κ1) is 22.5. The Morgan fingerprint density at radius 1 is 1.10 bits per heavy atom. The molecule has 1 saturated heterocycles. The molecule has 2 saturated carbocycles. The molecule has 0 aromatic heterocycles. The van der Waals surface area contributed by atoms with Crippen molar-refractivity contribution in [3.05, 3.63) is 23.8 Å². The lowest BCUT2D eigenvalue weighted by atomic mass is 9.83. The fourth-order valence-electron chi connectivity index (χ4n) is 6.35. The van der Waals surface area contributed by atoms with E-state index in [9.17, 15) is 10.2 Å². The van der Waals surface area contributed by atoms with Gasteiger partial charge in [-0.2, -0.15) is 0 Å². The molecule has 4 nitrogen and oxygen atoms in total. The summed E-state index contributed by atoms with van der Waals surface area (Å²) in [6, 6.07) is 0. The first-order valence-corrected chi connectivity index (χ1v) is 12.7. The van der Waals surface area contributed by atoms with Gasteiger partial charge in [-0.3, -0.25) is 4.90 Å². The summed E-state index contributed by atoms with van der Waals surface area (Å²) in [5.41, 5.74) is 1.62. The van der Waals surface area contributed by atoms with Crippen LogP contribution in [0.2, 0.25) is 0 Å². The number of unbranched alkanes of at least 4 members (excludes halogenated alkanes) is 2. The van der Waals surface area contributed by atoms with E-state index in [1.54, 1.807) is 5.57 Å². The second kappa shape index (κ2) is 11.3. The van der Waals surface area contributed by atoms with Gasteiger partial charge in [-0.05, 0) is 69.2 Å². The van der Waals surface area contributed by atoms with Gasteiger partial charge in [-0.1, -0.05) is 49.5 Å². The topological polar surface area (TPSA) is 52.9 Å². The fourth-order valence-corrected chi connectivity index (χ4v) is 6.35. The van der Waals surface area contributed by atoms with Gasteiger partial charge in [0.25, 0.3) is 0 Å². The van der Waals surface area contributed by atoms with Gasteiger partial charge in [0.2, 0.25) is 0 Å². The van der Waals surface area contributed by atoms with Crippen molar-refractivity contribution in [2.24, 2.45) is 23.7 Å². The van der Waals surface area contributed by atoms with Crippen molar-refractivity contribution < 1.29 is 14.9 Å². The molecule has 4 aliphatic rings. The van der Waals surface area contributed by atoms with Gasteiger partial charge in [0.15, 0.2) is 0 Å². The number of allylic oxidation sites excluding steroid dienone is 2. The number of rotatable bonds is 9. The monoisotopic (exact) mass is 417 g/mol. The Morgan fingerprint density at radius 2 is 1.90 bits per heavy atom. The number of morpholine rings is 1. The summed E-state index contributed by atoms with van der Waals surface area (Å²) in [6.45, 7) is 5.21. The highest BCUT2D eigenvalue weighted by Gasteiger charge is 2.43. The van der Waals surface area contributed by atoms with E-state index in [0.717, 1.165) is 52.0 Å². The molecule has 1 heterocycles. The van der Waals surface area contributed by atoms with Crippen LogP contribution in [-0.4, -0.2) is 60.2 Å². The van der Waals surface area contributed by atoms with Gasteiger partial charge in [0, 0.05) is 19.0 Å². The highest BCUT2D eigenvalue weighted by molar-refractivity contribution is 5.21. The summed E-state index contributed by atoms with van der Waals surface area (Å²) in [7, 11) is 0. The van der Waals surface area contributed by atoms with Crippen LogP contribution >= 0.6 is 0 Å². The minimum atomic E-state index is -0.322. The number of aliphatic hydroxyl groups is 2. The van der Waals surface area contributed by atoms with E-state index in [-0.39, 0.29) is 18.1 Å². The summed E-state index contributed by atoms with van der Waals surface area (Å²) in [5, 5.41) is 21.2. The van der Waals surface area contributed by atoms with Gasteiger partial charge in [-0.15, -0.1) is 0 Å². The van der Waals surface area contributed by atoms with E-state index in [1.807, 2.05) is 6.08 Å². The number of nitrogens with zero attached hydrogens (tertiary/aromatic N) is 1. The Bertz CT molecular complexity index is 577. The summed E-state index contributed by atoms with van der Waals surface area (Å²) >= 11 is 0. The number of hydrogen-bond acceptors (Lipinski definition) is 4. The molecule has 4 rings (SSSR count). The van der Waals surface area contributed by atoms with Crippen LogP contribution in [0.4, 0.5) is 0 Å². The van der Waals surface area contributed by atoms with Crippen molar-refractivity contribution in [1.29, 1.82) is 0 Å². The third-order valence-corrected chi connectivity index (χ3v) is 8.19. The predicted molar refractivity (Wildman–Crippen MR) is 121 cm³/mol. The van der Waals surface area contributed by atoms with Crippen LogP contribution in [0.3, 0.4) is 0 Å². The van der Waals surface area contributed by atoms with E-state index >= 15 is 0 Å². The molecule has 0 unspecified atom stereocenters. The Balaban J connectivity index is 1.17. The maximum absolute atomic E-state index is 10.6. The molecule has 0 radical (unpaired) electrons. The average molecular weight is 418 g/mol. The quantitative estimate of drug-likeness (QED) is 0.433. The first-order valence-electron chi connectivity index (χ1n) is 12.7. The van der Waals surface area contributed by atoms with E-state index in [4.69, 9.17) is 4.74 Å². The van der Waals surface area contributed by atoms with E-state index in [0.29, 0.717) is 17.8 Å². The summed E-state index contributed by atoms with van der Waals surface area (Å²) < 4.78 is 5.42. The zero-order valence-corrected chi connectivity index (χ0v) is 18.8.